The zero-order chi connectivity index (χ0) is 14.3. The van der Waals surface area contributed by atoms with Crippen LogP contribution in [0.5, 0.6) is 5.75 Å². The van der Waals surface area contributed by atoms with Crippen LogP contribution in [0.2, 0.25) is 0 Å². The van der Waals surface area contributed by atoms with Crippen LogP contribution >= 0.6 is 0 Å². The first-order chi connectivity index (χ1) is 8.92. The lowest BCUT2D eigenvalue weighted by molar-refractivity contribution is 0.100. The number of nitrogens with one attached hydrogen (secondary N) is 1. The van der Waals surface area contributed by atoms with Crippen LogP contribution in [0.4, 0.5) is 5.69 Å². The van der Waals surface area contributed by atoms with Crippen molar-refractivity contribution < 1.29 is 9.84 Å². The number of rotatable bonds is 6. The molecule has 2 N–H and O–H groups in total. The number of benzene rings is 1. The molecule has 1 unspecified atom stereocenters. The molecule has 6 nitrogen and oxygen atoms in total. The lowest BCUT2D eigenvalue weighted by Gasteiger charge is -2.23. The zero-order valence-corrected chi connectivity index (χ0v) is 11.5. The van der Waals surface area contributed by atoms with Gasteiger partial charge >= 0.3 is 0 Å². The summed E-state index contributed by atoms with van der Waals surface area (Å²) in [5.41, 5.74) is 8.80. The van der Waals surface area contributed by atoms with Crippen LogP contribution in [0.25, 0.3) is 10.4 Å². The van der Waals surface area contributed by atoms with Crippen molar-refractivity contribution in [3.63, 3.8) is 0 Å². The highest BCUT2D eigenvalue weighted by Gasteiger charge is 2.13. The van der Waals surface area contributed by atoms with Gasteiger partial charge in [-0.25, -0.2) is 0 Å². The average molecular weight is 264 g/mol. The molecule has 6 heteroatoms. The highest BCUT2D eigenvalue weighted by Crippen LogP contribution is 2.26. The van der Waals surface area contributed by atoms with Crippen molar-refractivity contribution >= 4 is 5.69 Å². The van der Waals surface area contributed by atoms with Crippen LogP contribution in [-0.4, -0.2) is 29.9 Å². The Morgan fingerprint density at radius 2 is 2.11 bits per heavy atom. The molecule has 0 saturated carbocycles. The maximum atomic E-state index is 9.80. The van der Waals surface area contributed by atoms with Crippen molar-refractivity contribution in [1.29, 1.82) is 0 Å². The molecule has 1 atom stereocenters. The Hall–Kier alpha value is -1.75. The number of aliphatic hydroxyl groups is 1. The number of ether oxygens (including phenoxy) is 1. The van der Waals surface area contributed by atoms with Crippen molar-refractivity contribution in [2.75, 3.05) is 13.2 Å². The van der Waals surface area contributed by atoms with Crippen LogP contribution in [0, 0.1) is 0 Å². The van der Waals surface area contributed by atoms with Gasteiger partial charge in [0.2, 0.25) is 0 Å². The summed E-state index contributed by atoms with van der Waals surface area (Å²) in [7, 11) is 0. The zero-order valence-electron chi connectivity index (χ0n) is 11.5. The summed E-state index contributed by atoms with van der Waals surface area (Å²) in [5, 5.41) is 16.5. The Bertz CT molecular complexity index is 450. The molecular formula is C13H20N4O2. The second-order valence-electron chi connectivity index (χ2n) is 5.25. The fraction of sp³-hybridized carbons (Fsp3) is 0.538. The van der Waals surface area contributed by atoms with Gasteiger partial charge in [0.15, 0.2) is 0 Å². The van der Waals surface area contributed by atoms with Gasteiger partial charge in [-0.15, -0.1) is 0 Å². The number of β-amino-alcohol motifs (C(OH)–C–C–N with tert-alkyl or cyclic N) is 1. The molecule has 0 aliphatic rings. The Balaban J connectivity index is 2.50. The van der Waals surface area contributed by atoms with E-state index in [0.717, 1.165) is 0 Å². The van der Waals surface area contributed by atoms with Gasteiger partial charge in [0, 0.05) is 17.0 Å². The summed E-state index contributed by atoms with van der Waals surface area (Å²) in [6.07, 6.45) is -0.627. The topological polar surface area (TPSA) is 90.2 Å². The Morgan fingerprint density at radius 3 is 2.74 bits per heavy atom. The molecule has 0 amide bonds. The van der Waals surface area contributed by atoms with E-state index < -0.39 is 6.10 Å². The average Bonchev–Trinajstić information content (AvgIpc) is 2.35. The lowest BCUT2D eigenvalue weighted by atomic mass is 10.1. The molecule has 0 bridgehead atoms. The van der Waals surface area contributed by atoms with E-state index >= 15 is 0 Å². The number of para-hydroxylation sites is 1. The second-order valence-corrected chi connectivity index (χ2v) is 5.25. The SMILES string of the molecule is CC(C)(C)NCC(O)COc1ccccc1N=[N+]=[N-]. The molecule has 1 aromatic rings. The molecule has 0 aliphatic heterocycles. The standard InChI is InChI=1S/C13H20N4O2/c1-13(2,3)15-8-10(18)9-19-12-7-5-4-6-11(12)16-17-14/h4-7,10,15,18H,8-9H2,1-3H3. The molecule has 19 heavy (non-hydrogen) atoms. The number of hydrogen-bond acceptors (Lipinski definition) is 4. The van der Waals surface area contributed by atoms with Crippen LogP contribution in [0.15, 0.2) is 29.4 Å². The molecule has 0 aromatic heterocycles. The van der Waals surface area contributed by atoms with E-state index in [4.69, 9.17) is 10.3 Å². The van der Waals surface area contributed by atoms with Gasteiger partial charge in [0.1, 0.15) is 18.5 Å². The molecule has 1 rings (SSSR count). The quantitative estimate of drug-likeness (QED) is 0.470. The van der Waals surface area contributed by atoms with Gasteiger partial charge in [0.05, 0.1) is 5.69 Å². The van der Waals surface area contributed by atoms with Crippen molar-refractivity contribution in [3.05, 3.63) is 34.7 Å². The second kappa shape index (κ2) is 6.99. The predicted molar refractivity (Wildman–Crippen MR) is 74.5 cm³/mol. The van der Waals surface area contributed by atoms with Crippen LogP contribution in [0.3, 0.4) is 0 Å². The van der Waals surface area contributed by atoms with E-state index in [0.29, 0.717) is 18.0 Å². The lowest BCUT2D eigenvalue weighted by Crippen LogP contribution is -2.42. The predicted octanol–water partition coefficient (Wildman–Crippen LogP) is 2.76. The minimum Gasteiger partial charge on any atom is -0.490 e. The van der Waals surface area contributed by atoms with Crippen molar-refractivity contribution in [3.8, 4) is 5.75 Å². The summed E-state index contributed by atoms with van der Waals surface area (Å²) in [5.74, 6) is 0.468. The summed E-state index contributed by atoms with van der Waals surface area (Å²) in [6.45, 7) is 6.65. The molecule has 104 valence electrons. The van der Waals surface area contributed by atoms with Crippen LogP contribution in [-0.2, 0) is 0 Å². The minimum absolute atomic E-state index is 0.0516. The highest BCUT2D eigenvalue weighted by atomic mass is 16.5. The van der Waals surface area contributed by atoms with Gasteiger partial charge in [-0.1, -0.05) is 17.2 Å². The summed E-state index contributed by atoms with van der Waals surface area (Å²) in [4.78, 5) is 2.73. The molecular weight excluding hydrogens is 244 g/mol. The minimum atomic E-state index is -0.627. The van der Waals surface area contributed by atoms with Gasteiger partial charge in [0.25, 0.3) is 0 Å². The number of azide groups is 1. The molecule has 1 aromatic carbocycles. The van der Waals surface area contributed by atoms with Gasteiger partial charge < -0.3 is 15.2 Å². The molecule has 0 radical (unpaired) electrons. The molecule has 0 spiro atoms. The Morgan fingerprint density at radius 1 is 1.42 bits per heavy atom. The third-order valence-corrected chi connectivity index (χ3v) is 2.32. The first kappa shape index (κ1) is 15.3. The number of hydrogen-bond donors (Lipinski definition) is 2. The largest absolute Gasteiger partial charge is 0.490 e. The third kappa shape index (κ3) is 6.10. The van der Waals surface area contributed by atoms with Crippen molar-refractivity contribution in [2.24, 2.45) is 5.11 Å². The van der Waals surface area contributed by atoms with E-state index in [2.05, 4.69) is 15.3 Å². The van der Waals surface area contributed by atoms with E-state index in [-0.39, 0.29) is 12.1 Å². The van der Waals surface area contributed by atoms with Crippen LogP contribution < -0.4 is 10.1 Å². The Labute approximate surface area is 113 Å². The van der Waals surface area contributed by atoms with Gasteiger partial charge in [-0.2, -0.15) is 0 Å². The normalized spacial score (nSPS) is 12.6. The summed E-state index contributed by atoms with van der Waals surface area (Å²) < 4.78 is 5.46. The van der Waals surface area contributed by atoms with Gasteiger partial charge in [-0.05, 0) is 38.4 Å². The van der Waals surface area contributed by atoms with Crippen LogP contribution in [0.1, 0.15) is 20.8 Å². The summed E-state index contributed by atoms with van der Waals surface area (Å²) >= 11 is 0. The fourth-order valence-corrected chi connectivity index (χ4v) is 1.38. The monoisotopic (exact) mass is 264 g/mol. The summed E-state index contributed by atoms with van der Waals surface area (Å²) in [6, 6.07) is 6.91. The van der Waals surface area contributed by atoms with E-state index in [1.54, 1.807) is 24.3 Å². The van der Waals surface area contributed by atoms with Crippen molar-refractivity contribution in [1.82, 2.24) is 5.32 Å². The highest BCUT2D eigenvalue weighted by molar-refractivity contribution is 5.51. The maximum absolute atomic E-state index is 9.80. The number of nitrogens with zero attached hydrogens (tertiary/aromatic N) is 3. The molecule has 0 heterocycles. The van der Waals surface area contributed by atoms with Gasteiger partial charge in [-0.3, -0.25) is 0 Å². The Kier molecular flexibility index (Phi) is 5.63. The van der Waals surface area contributed by atoms with E-state index in [9.17, 15) is 5.11 Å². The smallest absolute Gasteiger partial charge is 0.129 e. The van der Waals surface area contributed by atoms with E-state index in [1.807, 2.05) is 20.8 Å². The fourth-order valence-electron chi connectivity index (χ4n) is 1.38. The number of aliphatic hydroxyl groups excluding tert-OH is 1. The first-order valence-electron chi connectivity index (χ1n) is 6.12. The van der Waals surface area contributed by atoms with Crippen molar-refractivity contribution in [2.45, 2.75) is 32.4 Å². The van der Waals surface area contributed by atoms with E-state index in [1.165, 1.54) is 0 Å². The molecule has 0 saturated heterocycles. The third-order valence-electron chi connectivity index (χ3n) is 2.32. The molecule has 0 fully saturated rings. The first-order valence-corrected chi connectivity index (χ1v) is 6.12. The maximum Gasteiger partial charge on any atom is 0.129 e. The molecule has 0 aliphatic carbocycles.